The van der Waals surface area contributed by atoms with E-state index in [1.807, 2.05) is 16.4 Å². The first-order chi connectivity index (χ1) is 12.8. The molecule has 3 heterocycles. The Morgan fingerprint density at radius 2 is 2.19 bits per heavy atom. The quantitative estimate of drug-likeness (QED) is 0.820. The van der Waals surface area contributed by atoms with Gasteiger partial charge >= 0.3 is 5.97 Å². The minimum atomic E-state index is -1.29. The first-order valence-corrected chi connectivity index (χ1v) is 10.1. The maximum absolute atomic E-state index is 15.2. The molecule has 8 heteroatoms. The lowest BCUT2D eigenvalue weighted by Crippen LogP contribution is -2.31. The zero-order chi connectivity index (χ0) is 19.1. The highest BCUT2D eigenvalue weighted by Gasteiger charge is 2.54. The standard InChI is InChI=1S/C19H20FN3O3S/c1-9-7-27-17-14-10(16(24)11(18(25)26)5-23(9)14)4-12(20)15(17)22-6-13(21)19(8-22)2-3-19/h4-5,9,13H,2-3,6-8,21H2,1H3,(H,25,26). The van der Waals surface area contributed by atoms with E-state index in [0.717, 1.165) is 24.3 Å². The van der Waals surface area contributed by atoms with Gasteiger partial charge in [-0.25, -0.2) is 9.18 Å². The Kier molecular flexibility index (Phi) is 3.46. The number of nitrogens with zero attached hydrogens (tertiary/aromatic N) is 2. The van der Waals surface area contributed by atoms with Crippen LogP contribution in [0.4, 0.5) is 10.1 Å². The third kappa shape index (κ3) is 2.29. The molecule has 3 aliphatic rings. The van der Waals surface area contributed by atoms with Gasteiger partial charge in [-0.05, 0) is 25.8 Å². The van der Waals surface area contributed by atoms with Gasteiger partial charge in [0.05, 0.1) is 21.5 Å². The van der Waals surface area contributed by atoms with Gasteiger partial charge in [0, 0.05) is 42.5 Å². The lowest BCUT2D eigenvalue weighted by Gasteiger charge is -2.30. The van der Waals surface area contributed by atoms with Crippen molar-refractivity contribution < 1.29 is 14.3 Å². The van der Waals surface area contributed by atoms with Crippen molar-refractivity contribution in [1.29, 1.82) is 0 Å². The van der Waals surface area contributed by atoms with Crippen molar-refractivity contribution in [2.24, 2.45) is 11.1 Å². The van der Waals surface area contributed by atoms with Crippen LogP contribution in [0.3, 0.4) is 0 Å². The zero-order valence-electron chi connectivity index (χ0n) is 14.9. The maximum atomic E-state index is 15.2. The third-order valence-corrected chi connectivity index (χ3v) is 7.61. The van der Waals surface area contributed by atoms with Crippen molar-refractivity contribution in [3.8, 4) is 0 Å². The van der Waals surface area contributed by atoms with Crippen molar-refractivity contribution in [3.63, 3.8) is 0 Å². The first kappa shape index (κ1) is 17.1. The van der Waals surface area contributed by atoms with Crippen LogP contribution in [0.5, 0.6) is 0 Å². The van der Waals surface area contributed by atoms with Crippen LogP contribution in [0.25, 0.3) is 10.9 Å². The van der Waals surface area contributed by atoms with E-state index >= 15 is 4.39 Å². The minimum Gasteiger partial charge on any atom is -0.477 e. The molecule has 1 aromatic heterocycles. The number of pyridine rings is 1. The van der Waals surface area contributed by atoms with Gasteiger partial charge in [-0.1, -0.05) is 0 Å². The van der Waals surface area contributed by atoms with Crippen molar-refractivity contribution in [2.45, 2.75) is 36.7 Å². The summed E-state index contributed by atoms with van der Waals surface area (Å²) in [5, 5.41) is 9.51. The summed E-state index contributed by atoms with van der Waals surface area (Å²) in [4.78, 5) is 26.9. The highest BCUT2D eigenvalue weighted by Crippen LogP contribution is 2.54. The Hall–Kier alpha value is -2.06. The molecule has 1 saturated carbocycles. The molecule has 1 spiro atoms. The number of aromatic nitrogens is 1. The van der Waals surface area contributed by atoms with Crippen LogP contribution in [0.15, 0.2) is 22.0 Å². The lowest BCUT2D eigenvalue weighted by atomic mass is 10.0. The van der Waals surface area contributed by atoms with Gasteiger partial charge in [0.25, 0.3) is 0 Å². The monoisotopic (exact) mass is 389 g/mol. The van der Waals surface area contributed by atoms with E-state index in [2.05, 4.69) is 0 Å². The second-order valence-corrected chi connectivity index (χ2v) is 9.06. The molecule has 0 radical (unpaired) electrons. The number of halogens is 1. The fourth-order valence-corrected chi connectivity index (χ4v) is 5.80. The minimum absolute atomic E-state index is 0.0117. The number of thioether (sulfide) groups is 1. The van der Waals surface area contributed by atoms with Gasteiger partial charge in [-0.2, -0.15) is 0 Å². The summed E-state index contributed by atoms with van der Waals surface area (Å²) in [5.41, 5.74) is 6.60. The van der Waals surface area contributed by atoms with Crippen molar-refractivity contribution in [1.82, 2.24) is 4.57 Å². The van der Waals surface area contributed by atoms with Crippen LogP contribution in [-0.4, -0.2) is 40.5 Å². The van der Waals surface area contributed by atoms with Crippen LogP contribution >= 0.6 is 11.8 Å². The summed E-state index contributed by atoms with van der Waals surface area (Å²) >= 11 is 1.53. The summed E-state index contributed by atoms with van der Waals surface area (Å²) < 4.78 is 17.0. The van der Waals surface area contributed by atoms with Gasteiger partial charge in [0.15, 0.2) is 0 Å². The fraction of sp³-hybridized carbons (Fsp3) is 0.474. The van der Waals surface area contributed by atoms with Crippen LogP contribution in [0, 0.1) is 11.2 Å². The van der Waals surface area contributed by atoms with Crippen LogP contribution in [0.1, 0.15) is 36.2 Å². The van der Waals surface area contributed by atoms with Crippen molar-refractivity contribution >= 4 is 34.3 Å². The number of benzene rings is 1. The first-order valence-electron chi connectivity index (χ1n) is 9.10. The van der Waals surface area contributed by atoms with E-state index in [1.54, 1.807) is 0 Å². The molecule has 142 valence electrons. The van der Waals surface area contributed by atoms with E-state index in [0.29, 0.717) is 23.5 Å². The fourth-order valence-electron chi connectivity index (χ4n) is 4.51. The summed E-state index contributed by atoms with van der Waals surface area (Å²) in [7, 11) is 0. The average Bonchev–Trinajstić information content (AvgIpc) is 3.32. The number of carboxylic acids is 1. The summed E-state index contributed by atoms with van der Waals surface area (Å²) in [5.74, 6) is -1.08. The van der Waals surface area contributed by atoms with Crippen molar-refractivity contribution in [3.05, 3.63) is 33.9 Å². The Morgan fingerprint density at radius 1 is 1.44 bits per heavy atom. The summed E-state index contributed by atoms with van der Waals surface area (Å²) in [6, 6.07) is 1.25. The lowest BCUT2D eigenvalue weighted by molar-refractivity contribution is 0.0694. The highest BCUT2D eigenvalue weighted by molar-refractivity contribution is 7.99. The molecular weight excluding hydrogens is 369 g/mol. The van der Waals surface area contributed by atoms with E-state index in [-0.39, 0.29) is 28.4 Å². The van der Waals surface area contributed by atoms with Gasteiger partial charge < -0.3 is 20.3 Å². The molecule has 6 nitrogen and oxygen atoms in total. The number of anilines is 1. The Balaban J connectivity index is 1.78. The topological polar surface area (TPSA) is 88.6 Å². The number of nitrogens with two attached hydrogens (primary N) is 1. The molecule has 2 aromatic rings. The van der Waals surface area contributed by atoms with E-state index in [4.69, 9.17) is 5.73 Å². The normalized spacial score (nSPS) is 25.4. The molecular formula is C19H20FN3O3S. The summed E-state index contributed by atoms with van der Waals surface area (Å²) in [6.45, 7) is 3.31. The number of carbonyl (C=O) groups is 1. The molecule has 2 unspecified atom stereocenters. The van der Waals surface area contributed by atoms with Crippen LogP contribution < -0.4 is 16.1 Å². The average molecular weight is 389 g/mol. The Bertz CT molecular complexity index is 1060. The molecule has 2 fully saturated rings. The zero-order valence-corrected chi connectivity index (χ0v) is 15.7. The number of aromatic carboxylic acids is 1. The van der Waals surface area contributed by atoms with Crippen LogP contribution in [0.2, 0.25) is 0 Å². The molecule has 27 heavy (non-hydrogen) atoms. The number of hydrogen-bond acceptors (Lipinski definition) is 5. The third-order valence-electron chi connectivity index (χ3n) is 6.29. The van der Waals surface area contributed by atoms with Crippen molar-refractivity contribution in [2.75, 3.05) is 23.7 Å². The molecule has 1 saturated heterocycles. The summed E-state index contributed by atoms with van der Waals surface area (Å²) in [6.07, 6.45) is 3.55. The van der Waals surface area contributed by atoms with E-state index in [9.17, 15) is 14.7 Å². The molecule has 1 aliphatic carbocycles. The Morgan fingerprint density at radius 3 is 2.81 bits per heavy atom. The number of rotatable bonds is 2. The van der Waals surface area contributed by atoms with E-state index < -0.39 is 17.2 Å². The van der Waals surface area contributed by atoms with Gasteiger partial charge in [-0.15, -0.1) is 11.8 Å². The number of carboxylic acid groups (broad SMARTS) is 1. The predicted molar refractivity (Wildman–Crippen MR) is 102 cm³/mol. The second kappa shape index (κ2) is 5.48. The molecule has 2 aliphatic heterocycles. The SMILES string of the molecule is CC1CSc2c(N3CC(N)C4(CC4)C3)c(F)cc3c(=O)c(C(=O)O)cn1c23. The predicted octanol–water partition coefficient (Wildman–Crippen LogP) is 2.43. The molecule has 0 bridgehead atoms. The highest BCUT2D eigenvalue weighted by atomic mass is 32.2. The molecule has 2 atom stereocenters. The maximum Gasteiger partial charge on any atom is 0.341 e. The smallest absolute Gasteiger partial charge is 0.341 e. The largest absolute Gasteiger partial charge is 0.477 e. The van der Waals surface area contributed by atoms with Gasteiger partial charge in [-0.3, -0.25) is 4.79 Å². The molecule has 1 aromatic carbocycles. The van der Waals surface area contributed by atoms with Gasteiger partial charge in [0.2, 0.25) is 5.43 Å². The van der Waals surface area contributed by atoms with Gasteiger partial charge in [0.1, 0.15) is 11.4 Å². The Labute approximate surface area is 159 Å². The van der Waals surface area contributed by atoms with E-state index in [1.165, 1.54) is 24.0 Å². The molecule has 0 amide bonds. The molecule has 3 N–H and O–H groups in total. The van der Waals surface area contributed by atoms with Crippen LogP contribution in [-0.2, 0) is 0 Å². The molecule has 5 rings (SSSR count). The number of hydrogen-bond donors (Lipinski definition) is 2. The second-order valence-electron chi connectivity index (χ2n) is 8.03.